The number of amides is 1. The molecule has 4 heterocycles. The van der Waals surface area contributed by atoms with Crippen LogP contribution in [0.1, 0.15) is 40.2 Å². The summed E-state index contributed by atoms with van der Waals surface area (Å²) >= 11 is 0. The Balaban J connectivity index is 1.35. The van der Waals surface area contributed by atoms with Crippen LogP contribution in [0, 0.1) is 6.92 Å². The molecule has 2 aromatic rings. The summed E-state index contributed by atoms with van der Waals surface area (Å²) in [5.41, 5.74) is 2.36. The molecule has 0 saturated carbocycles. The molecule has 1 N–H and O–H groups in total. The quantitative estimate of drug-likeness (QED) is 0.845. The Morgan fingerprint density at radius 1 is 1.28 bits per heavy atom. The van der Waals surface area contributed by atoms with Crippen LogP contribution in [-0.4, -0.2) is 41.2 Å². The largest absolute Gasteiger partial charge is 0.489 e. The monoisotopic (exact) mass is 406 g/mol. The second-order valence-corrected chi connectivity index (χ2v) is 7.39. The average Bonchev–Trinajstić information content (AvgIpc) is 3.02. The molecule has 9 heteroatoms. The van der Waals surface area contributed by atoms with Gasteiger partial charge in [-0.3, -0.25) is 9.78 Å². The van der Waals surface area contributed by atoms with Crippen molar-refractivity contribution < 1.29 is 22.7 Å². The highest BCUT2D eigenvalue weighted by atomic mass is 19.4. The van der Waals surface area contributed by atoms with Crippen LogP contribution in [0.2, 0.25) is 0 Å². The van der Waals surface area contributed by atoms with Crippen LogP contribution in [0.15, 0.2) is 24.4 Å². The third-order valence-electron chi connectivity index (χ3n) is 5.15. The molecule has 0 spiro atoms. The molecule has 0 atom stereocenters. The van der Waals surface area contributed by atoms with E-state index < -0.39 is 12.6 Å². The zero-order valence-corrected chi connectivity index (χ0v) is 15.9. The first-order chi connectivity index (χ1) is 13.8. The third kappa shape index (κ3) is 4.44. The topological polar surface area (TPSA) is 67.3 Å². The van der Waals surface area contributed by atoms with Gasteiger partial charge in [-0.15, -0.1) is 0 Å². The van der Waals surface area contributed by atoms with Gasteiger partial charge in [-0.05, 0) is 30.7 Å². The Hall–Kier alpha value is -2.84. The molecular formula is C20H21F3N4O2. The average molecular weight is 406 g/mol. The van der Waals surface area contributed by atoms with Crippen LogP contribution >= 0.6 is 0 Å². The van der Waals surface area contributed by atoms with Crippen molar-refractivity contribution in [3.05, 3.63) is 46.9 Å². The molecule has 29 heavy (non-hydrogen) atoms. The van der Waals surface area contributed by atoms with Crippen LogP contribution < -0.4 is 15.0 Å². The van der Waals surface area contributed by atoms with Crippen molar-refractivity contribution in [2.45, 2.75) is 45.0 Å². The van der Waals surface area contributed by atoms with Gasteiger partial charge in [-0.2, -0.15) is 13.2 Å². The van der Waals surface area contributed by atoms with Crippen LogP contribution in [0.5, 0.6) is 5.75 Å². The predicted molar refractivity (Wildman–Crippen MR) is 100 cm³/mol. The molecule has 2 aromatic heterocycles. The number of aryl methyl sites for hydroxylation is 1. The van der Waals surface area contributed by atoms with Crippen molar-refractivity contribution in [1.29, 1.82) is 0 Å². The number of rotatable bonds is 4. The van der Waals surface area contributed by atoms with Gasteiger partial charge < -0.3 is 15.0 Å². The number of hydrogen-bond acceptors (Lipinski definition) is 5. The Morgan fingerprint density at radius 2 is 2.03 bits per heavy atom. The number of nitrogens with one attached hydrogen (secondary N) is 1. The van der Waals surface area contributed by atoms with Crippen LogP contribution in [0.25, 0.3) is 0 Å². The number of alkyl halides is 3. The molecule has 6 nitrogen and oxygen atoms in total. The zero-order valence-electron chi connectivity index (χ0n) is 15.9. The second-order valence-electron chi connectivity index (χ2n) is 7.39. The molecule has 154 valence electrons. The Labute approximate surface area is 166 Å². The summed E-state index contributed by atoms with van der Waals surface area (Å²) in [4.78, 5) is 22.5. The summed E-state index contributed by atoms with van der Waals surface area (Å²) in [6.45, 7) is 3.90. The molecule has 1 saturated heterocycles. The van der Waals surface area contributed by atoms with Gasteiger partial charge in [-0.1, -0.05) is 0 Å². The fourth-order valence-corrected chi connectivity index (χ4v) is 3.72. The highest BCUT2D eigenvalue weighted by molar-refractivity contribution is 5.98. The highest BCUT2D eigenvalue weighted by Gasteiger charge is 2.29. The molecular weight excluding hydrogens is 385 g/mol. The van der Waals surface area contributed by atoms with E-state index in [9.17, 15) is 18.0 Å². The molecule has 2 aliphatic heterocycles. The fourth-order valence-electron chi connectivity index (χ4n) is 3.72. The van der Waals surface area contributed by atoms with Gasteiger partial charge in [0.15, 0.2) is 0 Å². The van der Waals surface area contributed by atoms with Crippen molar-refractivity contribution in [2.75, 3.05) is 18.0 Å². The second kappa shape index (κ2) is 7.53. The summed E-state index contributed by atoms with van der Waals surface area (Å²) in [7, 11) is 0. The van der Waals surface area contributed by atoms with E-state index in [0.29, 0.717) is 17.9 Å². The van der Waals surface area contributed by atoms with Gasteiger partial charge >= 0.3 is 6.18 Å². The number of aromatic nitrogens is 2. The smallest absolute Gasteiger partial charge is 0.394 e. The van der Waals surface area contributed by atoms with E-state index in [1.807, 2.05) is 13.0 Å². The van der Waals surface area contributed by atoms with Gasteiger partial charge in [0.2, 0.25) is 0 Å². The Bertz CT molecular complexity index is 907. The molecule has 0 bridgehead atoms. The molecule has 1 fully saturated rings. The summed E-state index contributed by atoms with van der Waals surface area (Å²) in [5.74, 6) is 1.28. The van der Waals surface area contributed by atoms with Gasteiger partial charge in [0.1, 0.15) is 17.7 Å². The van der Waals surface area contributed by atoms with Crippen molar-refractivity contribution in [1.82, 2.24) is 15.3 Å². The van der Waals surface area contributed by atoms with E-state index in [1.165, 1.54) is 18.3 Å². The van der Waals surface area contributed by atoms with Crippen molar-refractivity contribution in [3.63, 3.8) is 0 Å². The van der Waals surface area contributed by atoms with E-state index in [2.05, 4.69) is 20.2 Å². The molecule has 1 amide bonds. The van der Waals surface area contributed by atoms with Crippen LogP contribution in [0.4, 0.5) is 19.0 Å². The molecule has 0 aliphatic carbocycles. The van der Waals surface area contributed by atoms with E-state index in [1.54, 1.807) is 0 Å². The fraction of sp³-hybridized carbons (Fsp3) is 0.450. The van der Waals surface area contributed by atoms with Crippen LogP contribution in [0.3, 0.4) is 0 Å². The lowest BCUT2D eigenvalue weighted by atomic mass is 10.1. The number of anilines is 1. The molecule has 0 unspecified atom stereocenters. The molecule has 2 aliphatic rings. The number of ether oxygens (including phenoxy) is 1. The first-order valence-corrected chi connectivity index (χ1v) is 9.50. The van der Waals surface area contributed by atoms with Crippen molar-refractivity contribution >= 4 is 11.7 Å². The van der Waals surface area contributed by atoms with E-state index in [-0.39, 0.29) is 17.7 Å². The Morgan fingerprint density at radius 3 is 2.69 bits per heavy atom. The predicted octanol–water partition coefficient (Wildman–Crippen LogP) is 3.18. The maximum Gasteiger partial charge on any atom is 0.394 e. The number of fused-ring (bicyclic) bond motifs is 1. The number of halogens is 3. The van der Waals surface area contributed by atoms with Gasteiger partial charge in [-0.25, -0.2) is 4.98 Å². The van der Waals surface area contributed by atoms with Gasteiger partial charge in [0.25, 0.3) is 5.91 Å². The summed E-state index contributed by atoms with van der Waals surface area (Å²) in [5, 5.41) is 2.78. The van der Waals surface area contributed by atoms with Crippen LogP contribution in [-0.2, 0) is 13.0 Å². The molecule has 0 aromatic carbocycles. The highest BCUT2D eigenvalue weighted by Crippen LogP contribution is 2.28. The molecule has 0 radical (unpaired) electrons. The number of piperidine rings is 1. The first kappa shape index (κ1) is 19.5. The number of nitrogens with zero attached hydrogens (tertiary/aromatic N) is 3. The summed E-state index contributed by atoms with van der Waals surface area (Å²) in [6.07, 6.45) is -2.46. The number of carbonyl (C=O) groups excluding carboxylic acids is 1. The number of pyridine rings is 2. The minimum atomic E-state index is -4.27. The minimum absolute atomic E-state index is 0.0224. The molecule has 4 rings (SSSR count). The van der Waals surface area contributed by atoms with E-state index in [0.717, 1.165) is 43.0 Å². The van der Waals surface area contributed by atoms with Crippen molar-refractivity contribution in [3.8, 4) is 5.75 Å². The normalized spacial score (nSPS) is 17.2. The number of hydrogen-bond donors (Lipinski definition) is 1. The van der Waals surface area contributed by atoms with Gasteiger partial charge in [0, 0.05) is 31.6 Å². The van der Waals surface area contributed by atoms with Crippen molar-refractivity contribution in [2.24, 2.45) is 0 Å². The zero-order chi connectivity index (χ0) is 20.6. The minimum Gasteiger partial charge on any atom is -0.489 e. The lowest BCUT2D eigenvalue weighted by Gasteiger charge is -2.33. The first-order valence-electron chi connectivity index (χ1n) is 9.50. The number of carbonyl (C=O) groups is 1. The standard InChI is InChI=1S/C20H21F3N4O2/c1-12-8-16-17(11-25-19(16)28)26-18(12)27-6-4-14(5-7-27)29-15-3-2-13(24-10-15)9-20(21,22)23/h2-3,8,10,14H,4-7,9,11H2,1H3,(H,25,28). The third-order valence-corrected chi connectivity index (χ3v) is 5.15. The summed E-state index contributed by atoms with van der Waals surface area (Å²) < 4.78 is 43.1. The maximum absolute atomic E-state index is 12.4. The van der Waals surface area contributed by atoms with Gasteiger partial charge in [0.05, 0.1) is 30.4 Å². The van der Waals surface area contributed by atoms with E-state index in [4.69, 9.17) is 4.74 Å². The SMILES string of the molecule is Cc1cc2c(nc1N1CCC(Oc3ccc(CC(F)(F)F)nc3)CC1)CNC2=O. The lowest BCUT2D eigenvalue weighted by Crippen LogP contribution is -2.39. The Kier molecular flexibility index (Phi) is 5.06. The van der Waals surface area contributed by atoms with E-state index >= 15 is 0 Å². The lowest BCUT2D eigenvalue weighted by molar-refractivity contribution is -0.127. The summed E-state index contributed by atoms with van der Waals surface area (Å²) in [6, 6.07) is 4.78. The maximum atomic E-state index is 12.4.